The number of nitrogens with zero attached hydrogens (tertiary/aromatic N) is 2. The SMILES string of the molecule is COc1ccc(C(=O)/C=C/Nc2cc(-c3ccccc3)nn2-c2ccccc2)cc1. The van der Waals surface area contributed by atoms with Crippen LogP contribution in [-0.4, -0.2) is 22.7 Å². The number of anilines is 1. The summed E-state index contributed by atoms with van der Waals surface area (Å²) in [5, 5.41) is 7.95. The van der Waals surface area contributed by atoms with Gasteiger partial charge in [0.1, 0.15) is 11.6 Å². The number of benzene rings is 3. The minimum Gasteiger partial charge on any atom is -0.497 e. The monoisotopic (exact) mass is 395 g/mol. The third-order valence-electron chi connectivity index (χ3n) is 4.62. The largest absolute Gasteiger partial charge is 0.497 e. The topological polar surface area (TPSA) is 56.1 Å². The van der Waals surface area contributed by atoms with Gasteiger partial charge in [-0.2, -0.15) is 5.10 Å². The van der Waals surface area contributed by atoms with Crippen LogP contribution in [0.25, 0.3) is 16.9 Å². The number of aromatic nitrogens is 2. The second-order valence-electron chi connectivity index (χ2n) is 6.60. The first kappa shape index (κ1) is 19.2. The molecule has 0 bridgehead atoms. The third kappa shape index (κ3) is 4.31. The van der Waals surface area contributed by atoms with E-state index in [2.05, 4.69) is 5.32 Å². The minimum atomic E-state index is -0.0980. The van der Waals surface area contributed by atoms with Gasteiger partial charge in [-0.1, -0.05) is 48.5 Å². The van der Waals surface area contributed by atoms with Gasteiger partial charge in [-0.25, -0.2) is 4.68 Å². The Labute approximate surface area is 175 Å². The second-order valence-corrected chi connectivity index (χ2v) is 6.60. The molecule has 5 nitrogen and oxygen atoms in total. The number of rotatable bonds is 7. The molecular formula is C25H21N3O2. The van der Waals surface area contributed by atoms with Crippen LogP contribution in [0.5, 0.6) is 5.75 Å². The summed E-state index contributed by atoms with van der Waals surface area (Å²) >= 11 is 0. The first-order chi connectivity index (χ1) is 14.7. The number of allylic oxidation sites excluding steroid dienone is 1. The van der Waals surface area contributed by atoms with Crippen molar-refractivity contribution in [3.05, 3.63) is 109 Å². The van der Waals surface area contributed by atoms with E-state index in [1.165, 1.54) is 6.08 Å². The molecule has 5 heteroatoms. The zero-order valence-corrected chi connectivity index (χ0v) is 16.5. The maximum Gasteiger partial charge on any atom is 0.187 e. The first-order valence-corrected chi connectivity index (χ1v) is 9.57. The van der Waals surface area contributed by atoms with E-state index < -0.39 is 0 Å². The molecule has 4 rings (SSSR count). The van der Waals surface area contributed by atoms with Crippen molar-refractivity contribution in [1.82, 2.24) is 9.78 Å². The summed E-state index contributed by atoms with van der Waals surface area (Å²) in [5.74, 6) is 1.38. The molecule has 0 saturated heterocycles. The van der Waals surface area contributed by atoms with E-state index in [4.69, 9.17) is 9.84 Å². The van der Waals surface area contributed by atoms with Crippen LogP contribution in [0, 0.1) is 0 Å². The Hall–Kier alpha value is -4.12. The molecular weight excluding hydrogens is 374 g/mol. The molecule has 0 aliphatic carbocycles. The average molecular weight is 395 g/mol. The first-order valence-electron chi connectivity index (χ1n) is 9.57. The highest BCUT2D eigenvalue weighted by Gasteiger charge is 2.10. The molecule has 3 aromatic carbocycles. The molecule has 0 saturated carbocycles. The van der Waals surface area contributed by atoms with Gasteiger partial charge in [-0.05, 0) is 36.4 Å². The summed E-state index contributed by atoms with van der Waals surface area (Å²) in [4.78, 5) is 12.4. The van der Waals surface area contributed by atoms with Crippen LogP contribution < -0.4 is 10.1 Å². The molecule has 0 fully saturated rings. The zero-order chi connectivity index (χ0) is 20.8. The number of ether oxygens (including phenoxy) is 1. The highest BCUT2D eigenvalue weighted by atomic mass is 16.5. The normalized spacial score (nSPS) is 10.8. The number of ketones is 1. The molecule has 0 spiro atoms. The molecule has 0 radical (unpaired) electrons. The van der Waals surface area contributed by atoms with Crippen molar-refractivity contribution < 1.29 is 9.53 Å². The van der Waals surface area contributed by atoms with Crippen LogP contribution in [0.4, 0.5) is 5.82 Å². The number of carbonyl (C=O) groups is 1. The van der Waals surface area contributed by atoms with Crippen molar-refractivity contribution in [2.45, 2.75) is 0 Å². The minimum absolute atomic E-state index is 0.0980. The smallest absolute Gasteiger partial charge is 0.187 e. The number of para-hydroxylation sites is 1. The number of hydrogen-bond donors (Lipinski definition) is 1. The Morgan fingerprint density at radius 1 is 0.933 bits per heavy atom. The predicted molar refractivity (Wildman–Crippen MR) is 119 cm³/mol. The Morgan fingerprint density at radius 2 is 1.60 bits per heavy atom. The van der Waals surface area contributed by atoms with Crippen LogP contribution in [-0.2, 0) is 0 Å². The van der Waals surface area contributed by atoms with Gasteiger partial charge in [0.05, 0.1) is 18.5 Å². The average Bonchev–Trinajstić information content (AvgIpc) is 3.24. The number of hydrogen-bond acceptors (Lipinski definition) is 4. The Morgan fingerprint density at radius 3 is 2.27 bits per heavy atom. The van der Waals surface area contributed by atoms with E-state index in [0.717, 1.165) is 22.8 Å². The molecule has 0 atom stereocenters. The summed E-state index contributed by atoms with van der Waals surface area (Å²) in [7, 11) is 1.60. The molecule has 0 aliphatic heterocycles. The van der Waals surface area contributed by atoms with Gasteiger partial charge < -0.3 is 10.1 Å². The van der Waals surface area contributed by atoms with E-state index in [1.54, 1.807) is 37.6 Å². The van der Waals surface area contributed by atoms with Gasteiger partial charge in [0.2, 0.25) is 0 Å². The Kier molecular flexibility index (Phi) is 5.71. The second kappa shape index (κ2) is 8.92. The fraction of sp³-hybridized carbons (Fsp3) is 0.0400. The van der Waals surface area contributed by atoms with Crippen molar-refractivity contribution >= 4 is 11.6 Å². The lowest BCUT2D eigenvalue weighted by Gasteiger charge is -2.06. The van der Waals surface area contributed by atoms with E-state index in [0.29, 0.717) is 11.3 Å². The van der Waals surface area contributed by atoms with Crippen LogP contribution in [0.15, 0.2) is 103 Å². The predicted octanol–water partition coefficient (Wildman–Crippen LogP) is 5.36. The lowest BCUT2D eigenvalue weighted by atomic mass is 10.1. The number of nitrogens with one attached hydrogen (secondary N) is 1. The summed E-state index contributed by atoms with van der Waals surface area (Å²) in [6.45, 7) is 0. The fourth-order valence-corrected chi connectivity index (χ4v) is 3.05. The number of methoxy groups -OCH3 is 1. The summed E-state index contributed by atoms with van der Waals surface area (Å²) in [6, 6.07) is 28.8. The van der Waals surface area contributed by atoms with Gasteiger partial charge >= 0.3 is 0 Å². The van der Waals surface area contributed by atoms with Crippen molar-refractivity contribution in [1.29, 1.82) is 0 Å². The third-order valence-corrected chi connectivity index (χ3v) is 4.62. The highest BCUT2D eigenvalue weighted by molar-refractivity contribution is 6.04. The van der Waals surface area contributed by atoms with Crippen LogP contribution in [0.3, 0.4) is 0 Å². The van der Waals surface area contributed by atoms with Crippen LogP contribution in [0.2, 0.25) is 0 Å². The zero-order valence-electron chi connectivity index (χ0n) is 16.5. The van der Waals surface area contributed by atoms with E-state index in [1.807, 2.05) is 71.4 Å². The van der Waals surface area contributed by atoms with Crippen molar-refractivity contribution in [2.75, 3.05) is 12.4 Å². The van der Waals surface area contributed by atoms with Gasteiger partial charge in [0, 0.05) is 29.5 Å². The highest BCUT2D eigenvalue weighted by Crippen LogP contribution is 2.24. The molecule has 1 N–H and O–H groups in total. The summed E-state index contributed by atoms with van der Waals surface area (Å²) in [5.41, 5.74) is 3.39. The van der Waals surface area contributed by atoms with Crippen LogP contribution >= 0.6 is 0 Å². The summed E-state index contributed by atoms with van der Waals surface area (Å²) < 4.78 is 6.95. The maximum atomic E-state index is 12.4. The lowest BCUT2D eigenvalue weighted by molar-refractivity contribution is 0.104. The van der Waals surface area contributed by atoms with Crippen LogP contribution in [0.1, 0.15) is 10.4 Å². The molecule has 0 aliphatic rings. The fourth-order valence-electron chi connectivity index (χ4n) is 3.05. The van der Waals surface area contributed by atoms with E-state index in [9.17, 15) is 4.79 Å². The number of carbonyl (C=O) groups excluding carboxylic acids is 1. The molecule has 1 aromatic heterocycles. The summed E-state index contributed by atoms with van der Waals surface area (Å²) in [6.07, 6.45) is 3.14. The van der Waals surface area contributed by atoms with Gasteiger partial charge in [0.15, 0.2) is 5.78 Å². The van der Waals surface area contributed by atoms with Gasteiger partial charge in [-0.3, -0.25) is 4.79 Å². The molecule has 0 unspecified atom stereocenters. The Balaban J connectivity index is 1.58. The van der Waals surface area contributed by atoms with E-state index >= 15 is 0 Å². The van der Waals surface area contributed by atoms with E-state index in [-0.39, 0.29) is 5.78 Å². The standard InChI is InChI=1S/C25H21N3O2/c1-30-22-14-12-20(13-15-22)24(29)16-17-26-25-18-23(19-8-4-2-5-9-19)27-28(25)21-10-6-3-7-11-21/h2-18,26H,1H3/b17-16+. The quantitative estimate of drug-likeness (QED) is 0.338. The van der Waals surface area contributed by atoms with Crippen molar-refractivity contribution in [2.24, 2.45) is 0 Å². The maximum absolute atomic E-state index is 12.4. The van der Waals surface area contributed by atoms with Gasteiger partial charge in [0.25, 0.3) is 0 Å². The molecule has 30 heavy (non-hydrogen) atoms. The molecule has 4 aromatic rings. The molecule has 0 amide bonds. The molecule has 148 valence electrons. The lowest BCUT2D eigenvalue weighted by Crippen LogP contribution is -2.02. The Bertz CT molecular complexity index is 1150. The van der Waals surface area contributed by atoms with Crippen molar-refractivity contribution in [3.8, 4) is 22.7 Å². The molecule has 1 heterocycles. The van der Waals surface area contributed by atoms with Gasteiger partial charge in [-0.15, -0.1) is 0 Å². The van der Waals surface area contributed by atoms with Crippen molar-refractivity contribution in [3.63, 3.8) is 0 Å².